The molecule has 0 aliphatic heterocycles. The largest absolute Gasteiger partial charge is 0.499 e. The van der Waals surface area contributed by atoms with E-state index in [2.05, 4.69) is 37.8 Å². The summed E-state index contributed by atoms with van der Waals surface area (Å²) in [5, 5.41) is 0. The number of hydrogen-bond donors (Lipinski definition) is 0. The molecule has 0 aliphatic rings. The summed E-state index contributed by atoms with van der Waals surface area (Å²) in [4.78, 5) is 0. The molecule has 0 fully saturated rings. The van der Waals surface area contributed by atoms with Gasteiger partial charge in [0, 0.05) is 0 Å². The number of benzene rings is 1. The average Bonchev–Trinajstić information content (AvgIpc) is 3.06. The Morgan fingerprint density at radius 1 is 0.444 bits per heavy atom. The van der Waals surface area contributed by atoms with Crippen LogP contribution in [-0.4, -0.2) is 119 Å². The van der Waals surface area contributed by atoms with E-state index in [9.17, 15) is 0 Å². The molecule has 262 valence electrons. The van der Waals surface area contributed by atoms with Gasteiger partial charge < -0.3 is 47.4 Å². The fourth-order valence-electron chi connectivity index (χ4n) is 4.09. The van der Waals surface area contributed by atoms with Crippen molar-refractivity contribution in [3.8, 4) is 5.75 Å². The van der Waals surface area contributed by atoms with E-state index in [1.807, 2.05) is 0 Å². The van der Waals surface area contributed by atoms with Crippen molar-refractivity contribution >= 4 is 0 Å². The van der Waals surface area contributed by atoms with Crippen LogP contribution in [0.3, 0.4) is 0 Å². The van der Waals surface area contributed by atoms with Crippen LogP contribution in [0.25, 0.3) is 0 Å². The van der Waals surface area contributed by atoms with E-state index >= 15 is 0 Å². The molecule has 1 rings (SSSR count). The van der Waals surface area contributed by atoms with Gasteiger partial charge in [-0.05, 0) is 30.5 Å². The summed E-state index contributed by atoms with van der Waals surface area (Å²) in [7, 11) is 0. The zero-order valence-electron chi connectivity index (χ0n) is 28.1. The summed E-state index contributed by atoms with van der Waals surface area (Å²) in [6.07, 6.45) is 11.9. The number of rotatable bonds is 37. The van der Waals surface area contributed by atoms with E-state index in [0.29, 0.717) is 119 Å². The SMILES string of the molecule is C=COCCOCCOCCOCCOCCOCCOCCOCCOCCOc1ccc(CCCCCCCCC)cc1. The molecule has 1 aromatic carbocycles. The van der Waals surface area contributed by atoms with Gasteiger partial charge in [-0.1, -0.05) is 64.2 Å². The van der Waals surface area contributed by atoms with Crippen LogP contribution in [0.15, 0.2) is 37.1 Å². The molecule has 0 saturated heterocycles. The highest BCUT2D eigenvalue weighted by molar-refractivity contribution is 5.27. The van der Waals surface area contributed by atoms with Crippen LogP contribution in [0.5, 0.6) is 5.75 Å². The molecule has 0 spiro atoms. The summed E-state index contributed by atoms with van der Waals surface area (Å²) >= 11 is 0. The van der Waals surface area contributed by atoms with Crippen molar-refractivity contribution in [3.05, 3.63) is 42.7 Å². The minimum Gasteiger partial charge on any atom is -0.499 e. The lowest BCUT2D eigenvalue weighted by atomic mass is 10.0. The highest BCUT2D eigenvalue weighted by Gasteiger charge is 1.99. The predicted molar refractivity (Wildman–Crippen MR) is 176 cm³/mol. The van der Waals surface area contributed by atoms with E-state index in [1.54, 1.807) is 0 Å². The van der Waals surface area contributed by atoms with Crippen LogP contribution >= 0.6 is 0 Å². The van der Waals surface area contributed by atoms with E-state index in [1.165, 1.54) is 56.8 Å². The summed E-state index contributed by atoms with van der Waals surface area (Å²) in [6.45, 7) is 15.2. The molecule has 0 saturated carbocycles. The molecule has 45 heavy (non-hydrogen) atoms. The molecule has 1 aromatic rings. The van der Waals surface area contributed by atoms with Gasteiger partial charge in [0.1, 0.15) is 19.0 Å². The molecule has 0 unspecified atom stereocenters. The summed E-state index contributed by atoms with van der Waals surface area (Å²) in [6, 6.07) is 8.45. The van der Waals surface area contributed by atoms with Crippen LogP contribution in [0.4, 0.5) is 0 Å². The number of aryl methyl sites for hydroxylation is 1. The van der Waals surface area contributed by atoms with E-state index in [4.69, 9.17) is 47.4 Å². The average molecular weight is 643 g/mol. The van der Waals surface area contributed by atoms with Crippen molar-refractivity contribution in [3.63, 3.8) is 0 Å². The fraction of sp³-hybridized carbons (Fsp3) is 0.771. The fourth-order valence-corrected chi connectivity index (χ4v) is 4.09. The number of ether oxygens (including phenoxy) is 10. The lowest BCUT2D eigenvalue weighted by Gasteiger charge is -2.09. The van der Waals surface area contributed by atoms with Gasteiger partial charge >= 0.3 is 0 Å². The van der Waals surface area contributed by atoms with E-state index in [0.717, 1.165) is 12.2 Å². The Labute approximate surface area is 272 Å². The maximum absolute atomic E-state index is 5.78. The highest BCUT2D eigenvalue weighted by atomic mass is 16.6. The van der Waals surface area contributed by atoms with Crippen molar-refractivity contribution in [2.75, 3.05) is 119 Å². The zero-order valence-corrected chi connectivity index (χ0v) is 28.1. The monoisotopic (exact) mass is 642 g/mol. The molecule has 0 amide bonds. The minimum absolute atomic E-state index is 0.506. The van der Waals surface area contributed by atoms with Crippen molar-refractivity contribution in [1.29, 1.82) is 0 Å². The number of unbranched alkanes of at least 4 members (excludes halogenated alkanes) is 6. The Morgan fingerprint density at radius 2 is 0.800 bits per heavy atom. The number of hydrogen-bond acceptors (Lipinski definition) is 10. The molecule has 0 atom stereocenters. The van der Waals surface area contributed by atoms with Crippen molar-refractivity contribution in [2.45, 2.75) is 58.3 Å². The topological polar surface area (TPSA) is 92.3 Å². The Kier molecular flexibility index (Phi) is 32.2. The molecule has 0 N–H and O–H groups in total. The third kappa shape index (κ3) is 30.6. The molecule has 10 nitrogen and oxygen atoms in total. The standard InChI is InChI=1S/C35H62O10/c1-3-5-6-7-8-9-10-11-34-12-14-35(15-13-34)45-33-32-44-31-30-43-29-28-42-27-26-41-25-24-40-23-22-39-21-20-38-19-18-37-17-16-36-4-2/h4,12-15H,2-3,5-11,16-33H2,1H3. The quantitative estimate of drug-likeness (QED) is 0.0670. The molecule has 10 heteroatoms. The second-order valence-corrected chi connectivity index (χ2v) is 10.3. The Hall–Kier alpha value is -1.76. The predicted octanol–water partition coefficient (Wildman–Crippen LogP) is 5.65. The third-order valence-corrected chi connectivity index (χ3v) is 6.56. The summed E-state index contributed by atoms with van der Waals surface area (Å²) in [5.74, 6) is 0.889. The minimum atomic E-state index is 0.506. The van der Waals surface area contributed by atoms with Gasteiger partial charge in [-0.2, -0.15) is 0 Å². The van der Waals surface area contributed by atoms with Crippen LogP contribution < -0.4 is 4.74 Å². The zero-order chi connectivity index (χ0) is 32.1. The van der Waals surface area contributed by atoms with Gasteiger partial charge in [0.2, 0.25) is 0 Å². The molecule has 0 radical (unpaired) electrons. The van der Waals surface area contributed by atoms with Crippen LogP contribution in [0.1, 0.15) is 57.4 Å². The van der Waals surface area contributed by atoms with Crippen molar-refractivity contribution in [1.82, 2.24) is 0 Å². The lowest BCUT2D eigenvalue weighted by Crippen LogP contribution is -2.15. The van der Waals surface area contributed by atoms with Gasteiger partial charge in [0.05, 0.1) is 112 Å². The highest BCUT2D eigenvalue weighted by Crippen LogP contribution is 2.15. The van der Waals surface area contributed by atoms with E-state index in [-0.39, 0.29) is 0 Å². The van der Waals surface area contributed by atoms with Crippen LogP contribution in [0.2, 0.25) is 0 Å². The van der Waals surface area contributed by atoms with Crippen molar-refractivity contribution in [2.24, 2.45) is 0 Å². The third-order valence-electron chi connectivity index (χ3n) is 6.56. The molecule has 0 bridgehead atoms. The van der Waals surface area contributed by atoms with Gasteiger partial charge in [0.15, 0.2) is 0 Å². The second kappa shape index (κ2) is 35.1. The summed E-state index contributed by atoms with van der Waals surface area (Å²) in [5.41, 5.74) is 1.38. The maximum atomic E-state index is 5.78. The first-order valence-electron chi connectivity index (χ1n) is 16.9. The molecular weight excluding hydrogens is 580 g/mol. The Morgan fingerprint density at radius 3 is 1.20 bits per heavy atom. The molecule has 0 heterocycles. The van der Waals surface area contributed by atoms with E-state index < -0.39 is 0 Å². The van der Waals surface area contributed by atoms with Gasteiger partial charge in [-0.15, -0.1) is 0 Å². The maximum Gasteiger partial charge on any atom is 0.119 e. The molecule has 0 aromatic heterocycles. The van der Waals surface area contributed by atoms with Crippen molar-refractivity contribution < 1.29 is 47.4 Å². The van der Waals surface area contributed by atoms with Crippen LogP contribution in [-0.2, 0) is 49.1 Å². The normalized spacial score (nSPS) is 11.2. The molecule has 0 aliphatic carbocycles. The Bertz CT molecular complexity index is 719. The summed E-state index contributed by atoms with van der Waals surface area (Å²) < 4.78 is 54.5. The first kappa shape index (κ1) is 41.3. The smallest absolute Gasteiger partial charge is 0.119 e. The van der Waals surface area contributed by atoms with Gasteiger partial charge in [-0.3, -0.25) is 0 Å². The van der Waals surface area contributed by atoms with Crippen LogP contribution in [0, 0.1) is 0 Å². The van der Waals surface area contributed by atoms with Gasteiger partial charge in [0.25, 0.3) is 0 Å². The van der Waals surface area contributed by atoms with Gasteiger partial charge in [-0.25, -0.2) is 0 Å². The Balaban J connectivity index is 1.72. The molecular formula is C35H62O10. The lowest BCUT2D eigenvalue weighted by molar-refractivity contribution is -0.0244. The first-order valence-corrected chi connectivity index (χ1v) is 16.9. The second-order valence-electron chi connectivity index (χ2n) is 10.3. The first-order chi connectivity index (χ1) is 22.4.